The van der Waals surface area contributed by atoms with Crippen LogP contribution in [0.3, 0.4) is 0 Å². The Balaban J connectivity index is 2.57. The molecule has 0 aliphatic carbocycles. The van der Waals surface area contributed by atoms with Crippen molar-refractivity contribution >= 4 is 0 Å². The van der Waals surface area contributed by atoms with E-state index in [0.29, 0.717) is 17.5 Å². The molecule has 104 valence electrons. The zero-order valence-corrected chi connectivity index (χ0v) is 12.4. The molecule has 0 heterocycles. The number of hydrogen-bond acceptors (Lipinski definition) is 2. The third kappa shape index (κ3) is 5.16. The van der Waals surface area contributed by atoms with Gasteiger partial charge in [0, 0.05) is 5.70 Å². The average molecular weight is 266 g/mol. The number of hydrogen-bond donors (Lipinski definition) is 1. The van der Waals surface area contributed by atoms with Crippen LogP contribution in [0.4, 0.5) is 0 Å². The molecule has 20 heavy (non-hydrogen) atoms. The molecular weight excluding hydrogens is 244 g/mol. The summed E-state index contributed by atoms with van der Waals surface area (Å²) in [5.74, 6) is 0.917. The first-order valence-corrected chi connectivity index (χ1v) is 6.80. The first kappa shape index (κ1) is 15.8. The van der Waals surface area contributed by atoms with Gasteiger partial charge in [-0.25, -0.2) is 0 Å². The maximum atomic E-state index is 8.43. The molecule has 0 saturated heterocycles. The fourth-order valence-corrected chi connectivity index (χ4v) is 1.86. The normalized spacial score (nSPS) is 14.1. The number of allylic oxidation sites excluding steroid dienone is 4. The summed E-state index contributed by atoms with van der Waals surface area (Å²) < 4.78 is 0. The minimum absolute atomic E-state index is 0.444. The monoisotopic (exact) mass is 266 g/mol. The first-order chi connectivity index (χ1) is 9.54. The summed E-state index contributed by atoms with van der Waals surface area (Å²) in [5, 5.41) is 10.9. The van der Waals surface area contributed by atoms with Crippen LogP contribution in [0.5, 0.6) is 0 Å². The lowest BCUT2D eigenvalue weighted by Crippen LogP contribution is -2.03. The van der Waals surface area contributed by atoms with Crippen LogP contribution in [-0.4, -0.2) is 0 Å². The molecular formula is C18H22N2. The van der Waals surface area contributed by atoms with Gasteiger partial charge in [0.1, 0.15) is 0 Å². The number of nitriles is 1. The fourth-order valence-electron chi connectivity index (χ4n) is 1.86. The summed E-state index contributed by atoms with van der Waals surface area (Å²) in [6, 6.07) is 8.69. The van der Waals surface area contributed by atoms with E-state index in [1.807, 2.05) is 18.3 Å². The van der Waals surface area contributed by atoms with Crippen LogP contribution < -0.4 is 5.32 Å². The molecule has 1 aromatic rings. The van der Waals surface area contributed by atoms with Gasteiger partial charge in [-0.15, -0.1) is 0 Å². The lowest BCUT2D eigenvalue weighted by molar-refractivity contribution is 0.591. The third-order valence-corrected chi connectivity index (χ3v) is 3.43. The van der Waals surface area contributed by atoms with E-state index in [-0.39, 0.29) is 0 Å². The Hall–Kier alpha value is -2.27. The topological polar surface area (TPSA) is 35.8 Å². The molecule has 1 N–H and O–H groups in total. The van der Waals surface area contributed by atoms with Crippen LogP contribution >= 0.6 is 0 Å². The van der Waals surface area contributed by atoms with Gasteiger partial charge in [0.2, 0.25) is 0 Å². The van der Waals surface area contributed by atoms with Crippen molar-refractivity contribution in [3.05, 3.63) is 72.0 Å². The highest BCUT2D eigenvalue weighted by atomic mass is 14.9. The van der Waals surface area contributed by atoms with Gasteiger partial charge >= 0.3 is 0 Å². The van der Waals surface area contributed by atoms with Gasteiger partial charge in [-0.3, -0.25) is 5.32 Å². The number of rotatable bonds is 6. The van der Waals surface area contributed by atoms with E-state index in [2.05, 4.69) is 63.0 Å². The van der Waals surface area contributed by atoms with E-state index < -0.39 is 0 Å². The van der Waals surface area contributed by atoms with E-state index in [0.717, 1.165) is 0 Å². The lowest BCUT2D eigenvalue weighted by Gasteiger charge is -2.17. The molecule has 2 nitrogen and oxygen atoms in total. The Labute approximate surface area is 122 Å². The molecule has 0 aliphatic heterocycles. The summed E-state index contributed by atoms with van der Waals surface area (Å²) in [6.45, 7) is 10.2. The number of benzene rings is 1. The second kappa shape index (κ2) is 8.01. The standard InChI is InChI=1S/C18H22N2/c1-14-9-11-18(12-10-14)17(4)15(2)7-5-6-8-16(3)20-13-19/h5-12,15,17,20H,3H2,1-2,4H3/b7-5+,8-6+. The minimum atomic E-state index is 0.444. The molecule has 0 fully saturated rings. The van der Waals surface area contributed by atoms with Gasteiger partial charge in [0.05, 0.1) is 0 Å². The van der Waals surface area contributed by atoms with Crippen molar-refractivity contribution in [1.29, 1.82) is 5.26 Å². The molecule has 0 saturated carbocycles. The molecule has 1 rings (SSSR count). The number of nitrogens with zero attached hydrogens (tertiary/aromatic N) is 1. The molecule has 0 radical (unpaired) electrons. The van der Waals surface area contributed by atoms with Crippen molar-refractivity contribution < 1.29 is 0 Å². The van der Waals surface area contributed by atoms with Gasteiger partial charge in [0.25, 0.3) is 0 Å². The van der Waals surface area contributed by atoms with Gasteiger partial charge in [-0.05, 0) is 30.4 Å². The van der Waals surface area contributed by atoms with E-state index in [1.165, 1.54) is 11.1 Å². The van der Waals surface area contributed by atoms with Crippen molar-refractivity contribution in [2.75, 3.05) is 0 Å². The molecule has 0 spiro atoms. The van der Waals surface area contributed by atoms with Gasteiger partial charge < -0.3 is 0 Å². The SMILES string of the molecule is C=C(/C=C/C=C/C(C)C(C)c1ccc(C)cc1)NC#N. The zero-order valence-electron chi connectivity index (χ0n) is 12.4. The van der Waals surface area contributed by atoms with Crippen molar-refractivity contribution in [1.82, 2.24) is 5.32 Å². The highest BCUT2D eigenvalue weighted by molar-refractivity contribution is 5.26. The summed E-state index contributed by atoms with van der Waals surface area (Å²) in [4.78, 5) is 0. The average Bonchev–Trinajstić information content (AvgIpc) is 2.43. The van der Waals surface area contributed by atoms with Gasteiger partial charge in [0.15, 0.2) is 6.19 Å². The van der Waals surface area contributed by atoms with Crippen molar-refractivity contribution in [2.24, 2.45) is 5.92 Å². The first-order valence-electron chi connectivity index (χ1n) is 6.80. The summed E-state index contributed by atoms with van der Waals surface area (Å²) >= 11 is 0. The van der Waals surface area contributed by atoms with Crippen molar-refractivity contribution in [3.8, 4) is 6.19 Å². The van der Waals surface area contributed by atoms with Crippen molar-refractivity contribution in [2.45, 2.75) is 26.7 Å². The molecule has 0 amide bonds. The maximum Gasteiger partial charge on any atom is 0.181 e. The quantitative estimate of drug-likeness (QED) is 0.469. The van der Waals surface area contributed by atoms with Crippen LogP contribution in [0.25, 0.3) is 0 Å². The summed E-state index contributed by atoms with van der Waals surface area (Å²) in [5.41, 5.74) is 3.24. The van der Waals surface area contributed by atoms with Crippen LogP contribution in [0.2, 0.25) is 0 Å². The number of nitrogens with one attached hydrogen (secondary N) is 1. The van der Waals surface area contributed by atoms with Crippen molar-refractivity contribution in [3.63, 3.8) is 0 Å². The van der Waals surface area contributed by atoms with E-state index in [9.17, 15) is 0 Å². The van der Waals surface area contributed by atoms with Gasteiger partial charge in [-0.2, -0.15) is 5.26 Å². The molecule has 2 atom stereocenters. The molecule has 0 aliphatic rings. The Morgan fingerprint density at radius 2 is 1.90 bits per heavy atom. The lowest BCUT2D eigenvalue weighted by atomic mass is 9.88. The predicted octanol–water partition coefficient (Wildman–Crippen LogP) is 4.43. The number of aryl methyl sites for hydroxylation is 1. The van der Waals surface area contributed by atoms with E-state index in [1.54, 1.807) is 6.08 Å². The molecule has 2 heteroatoms. The Morgan fingerprint density at radius 3 is 2.50 bits per heavy atom. The zero-order chi connectivity index (χ0) is 15.0. The summed E-state index contributed by atoms with van der Waals surface area (Å²) in [6.07, 6.45) is 9.68. The molecule has 0 aromatic heterocycles. The molecule has 2 unspecified atom stereocenters. The maximum absolute atomic E-state index is 8.43. The summed E-state index contributed by atoms with van der Waals surface area (Å²) in [7, 11) is 0. The van der Waals surface area contributed by atoms with E-state index >= 15 is 0 Å². The highest BCUT2D eigenvalue weighted by Crippen LogP contribution is 2.25. The third-order valence-electron chi connectivity index (χ3n) is 3.43. The second-order valence-corrected chi connectivity index (χ2v) is 5.06. The Kier molecular flexibility index (Phi) is 6.32. The molecule has 1 aromatic carbocycles. The minimum Gasteiger partial charge on any atom is -0.293 e. The smallest absolute Gasteiger partial charge is 0.181 e. The van der Waals surface area contributed by atoms with E-state index in [4.69, 9.17) is 5.26 Å². The predicted molar refractivity (Wildman–Crippen MR) is 84.9 cm³/mol. The van der Waals surface area contributed by atoms with Crippen LogP contribution in [-0.2, 0) is 0 Å². The largest absolute Gasteiger partial charge is 0.293 e. The highest BCUT2D eigenvalue weighted by Gasteiger charge is 2.10. The van der Waals surface area contributed by atoms with Gasteiger partial charge in [-0.1, -0.05) is 68.5 Å². The Morgan fingerprint density at radius 1 is 1.25 bits per heavy atom. The van der Waals surface area contributed by atoms with Crippen LogP contribution in [0.1, 0.15) is 30.9 Å². The molecule has 0 bridgehead atoms. The Bertz CT molecular complexity index is 530. The fraction of sp³-hybridized carbons (Fsp3) is 0.278. The van der Waals surface area contributed by atoms with Crippen LogP contribution in [0.15, 0.2) is 60.8 Å². The van der Waals surface area contributed by atoms with Crippen LogP contribution in [0, 0.1) is 24.3 Å². The second-order valence-electron chi connectivity index (χ2n) is 5.06.